The molecule has 6 nitrogen and oxygen atoms in total. The molecule has 1 aromatic rings. The Morgan fingerprint density at radius 2 is 2.04 bits per heavy atom. The van der Waals surface area contributed by atoms with Crippen molar-refractivity contribution >= 4 is 11.7 Å². The van der Waals surface area contributed by atoms with Crippen LogP contribution in [0.25, 0.3) is 0 Å². The quantitative estimate of drug-likeness (QED) is 0.815. The van der Waals surface area contributed by atoms with Crippen LogP contribution in [0.5, 0.6) is 5.75 Å². The van der Waals surface area contributed by atoms with Gasteiger partial charge in [0.05, 0.1) is 6.10 Å². The van der Waals surface area contributed by atoms with Crippen molar-refractivity contribution in [2.75, 3.05) is 26.2 Å². The number of Topliss-reactive ketones (excluding diaryl/α,β-unsaturated/α-hetero) is 1. The first-order valence-electron chi connectivity index (χ1n) is 8.92. The van der Waals surface area contributed by atoms with E-state index in [0.717, 1.165) is 25.9 Å². The van der Waals surface area contributed by atoms with Gasteiger partial charge in [0, 0.05) is 37.8 Å². The summed E-state index contributed by atoms with van der Waals surface area (Å²) in [6.07, 6.45) is 0.923. The predicted octanol–water partition coefficient (Wildman–Crippen LogP) is 1.32. The molecule has 1 N–H and O–H groups in total. The van der Waals surface area contributed by atoms with Crippen molar-refractivity contribution < 1.29 is 19.4 Å². The smallest absolute Gasteiger partial charge is 0.263 e. The highest BCUT2D eigenvalue weighted by atomic mass is 16.5. The van der Waals surface area contributed by atoms with Gasteiger partial charge in [0.25, 0.3) is 5.91 Å². The fraction of sp³-hybridized carbons (Fsp3) is 0.579. The fourth-order valence-electron chi connectivity index (χ4n) is 3.64. The number of likely N-dealkylation sites (tertiary alicyclic amines) is 2. The molecule has 2 aliphatic rings. The summed E-state index contributed by atoms with van der Waals surface area (Å²) in [5.41, 5.74) is 0.575. The van der Waals surface area contributed by atoms with Gasteiger partial charge < -0.3 is 14.7 Å². The van der Waals surface area contributed by atoms with E-state index in [2.05, 4.69) is 4.90 Å². The van der Waals surface area contributed by atoms with Crippen LogP contribution in [0.1, 0.15) is 37.0 Å². The van der Waals surface area contributed by atoms with Gasteiger partial charge in [-0.2, -0.15) is 0 Å². The number of benzene rings is 1. The minimum atomic E-state index is -0.592. The largest absolute Gasteiger partial charge is 0.481 e. The standard InChI is InChI=1S/C19H26N2O4/c1-13(22)15-4-3-5-18(10-15)25-14(2)19(24)21-8-6-16(11-21)20-9-7-17(23)12-20/h3-5,10,14,16-17,23H,6-9,11-12H2,1-2H3. The third-order valence-corrected chi connectivity index (χ3v) is 5.09. The Morgan fingerprint density at radius 3 is 2.72 bits per heavy atom. The summed E-state index contributed by atoms with van der Waals surface area (Å²) in [6, 6.07) is 7.25. The van der Waals surface area contributed by atoms with Crippen LogP contribution in [0.15, 0.2) is 24.3 Å². The number of hydrogen-bond donors (Lipinski definition) is 1. The van der Waals surface area contributed by atoms with E-state index in [0.29, 0.717) is 30.4 Å². The van der Waals surface area contributed by atoms with Gasteiger partial charge >= 0.3 is 0 Å². The van der Waals surface area contributed by atoms with E-state index < -0.39 is 6.10 Å². The molecular formula is C19H26N2O4. The Bertz CT molecular complexity index is 648. The maximum absolute atomic E-state index is 12.7. The number of β-amino-alcohol motifs (C(OH)–C–C–N with tert-alkyl or cyclic N) is 1. The third kappa shape index (κ3) is 4.19. The van der Waals surface area contributed by atoms with Crippen LogP contribution in [-0.2, 0) is 4.79 Å². The minimum Gasteiger partial charge on any atom is -0.481 e. The van der Waals surface area contributed by atoms with Crippen molar-refractivity contribution in [2.45, 2.75) is 44.9 Å². The van der Waals surface area contributed by atoms with Crippen molar-refractivity contribution in [3.05, 3.63) is 29.8 Å². The molecule has 2 heterocycles. The van der Waals surface area contributed by atoms with Crippen LogP contribution < -0.4 is 4.74 Å². The number of ketones is 1. The van der Waals surface area contributed by atoms with Crippen LogP contribution >= 0.6 is 0 Å². The number of aliphatic hydroxyl groups is 1. The molecule has 3 atom stereocenters. The zero-order chi connectivity index (χ0) is 18.0. The lowest BCUT2D eigenvalue weighted by Gasteiger charge is -2.25. The monoisotopic (exact) mass is 346 g/mol. The maximum atomic E-state index is 12.7. The van der Waals surface area contributed by atoms with Gasteiger partial charge in [-0.05, 0) is 38.8 Å². The Balaban J connectivity index is 1.56. The van der Waals surface area contributed by atoms with E-state index >= 15 is 0 Å². The fourth-order valence-corrected chi connectivity index (χ4v) is 3.64. The lowest BCUT2D eigenvalue weighted by Crippen LogP contribution is -2.42. The topological polar surface area (TPSA) is 70.1 Å². The molecule has 136 valence electrons. The molecule has 2 aliphatic heterocycles. The molecule has 0 bridgehead atoms. The van der Waals surface area contributed by atoms with E-state index in [1.165, 1.54) is 6.92 Å². The second-order valence-corrected chi connectivity index (χ2v) is 7.01. The molecule has 3 rings (SSSR count). The number of nitrogens with zero attached hydrogens (tertiary/aromatic N) is 2. The molecule has 1 amide bonds. The van der Waals surface area contributed by atoms with Crippen LogP contribution in [0.2, 0.25) is 0 Å². The van der Waals surface area contributed by atoms with Crippen molar-refractivity contribution in [3.8, 4) is 5.75 Å². The normalized spacial score (nSPS) is 25.2. The average Bonchev–Trinajstić information content (AvgIpc) is 3.23. The molecule has 25 heavy (non-hydrogen) atoms. The first-order chi connectivity index (χ1) is 11.9. The molecule has 0 aromatic heterocycles. The van der Waals surface area contributed by atoms with Crippen molar-refractivity contribution in [3.63, 3.8) is 0 Å². The van der Waals surface area contributed by atoms with Crippen molar-refractivity contribution in [2.24, 2.45) is 0 Å². The molecule has 6 heteroatoms. The Kier molecular flexibility index (Phi) is 5.39. The summed E-state index contributed by atoms with van der Waals surface area (Å²) in [6.45, 7) is 6.27. The zero-order valence-corrected chi connectivity index (χ0v) is 14.9. The van der Waals surface area contributed by atoms with Gasteiger partial charge in [0.15, 0.2) is 11.9 Å². The highest BCUT2D eigenvalue weighted by molar-refractivity contribution is 5.94. The molecule has 0 spiro atoms. The SMILES string of the molecule is CC(=O)c1cccc(OC(C)C(=O)N2CCC(N3CCC(O)C3)C2)c1. The molecule has 0 saturated carbocycles. The lowest BCUT2D eigenvalue weighted by atomic mass is 10.1. The predicted molar refractivity (Wildman–Crippen MR) is 93.7 cm³/mol. The molecule has 2 fully saturated rings. The summed E-state index contributed by atoms with van der Waals surface area (Å²) in [5.74, 6) is 0.474. The summed E-state index contributed by atoms with van der Waals surface area (Å²) >= 11 is 0. The summed E-state index contributed by atoms with van der Waals surface area (Å²) in [5, 5.41) is 9.68. The maximum Gasteiger partial charge on any atom is 0.263 e. The number of ether oxygens (including phenoxy) is 1. The van der Waals surface area contributed by atoms with Gasteiger partial charge in [0.2, 0.25) is 0 Å². The highest BCUT2D eigenvalue weighted by Crippen LogP contribution is 2.22. The number of rotatable bonds is 5. The third-order valence-electron chi connectivity index (χ3n) is 5.09. The molecule has 0 aliphatic carbocycles. The number of amides is 1. The second-order valence-electron chi connectivity index (χ2n) is 7.01. The average molecular weight is 346 g/mol. The van der Waals surface area contributed by atoms with Crippen LogP contribution in [-0.4, -0.2) is 71.0 Å². The minimum absolute atomic E-state index is 0.0281. The van der Waals surface area contributed by atoms with Gasteiger partial charge in [-0.25, -0.2) is 0 Å². The van der Waals surface area contributed by atoms with Crippen LogP contribution in [0, 0.1) is 0 Å². The van der Waals surface area contributed by atoms with E-state index in [9.17, 15) is 14.7 Å². The van der Waals surface area contributed by atoms with E-state index in [1.54, 1.807) is 31.2 Å². The Morgan fingerprint density at radius 1 is 1.24 bits per heavy atom. The summed E-state index contributed by atoms with van der Waals surface area (Å²) < 4.78 is 5.76. The van der Waals surface area contributed by atoms with Crippen molar-refractivity contribution in [1.29, 1.82) is 0 Å². The molecule has 1 aromatic carbocycles. The van der Waals surface area contributed by atoms with E-state index in [-0.39, 0.29) is 17.8 Å². The van der Waals surface area contributed by atoms with Gasteiger partial charge in [-0.1, -0.05) is 12.1 Å². The summed E-state index contributed by atoms with van der Waals surface area (Å²) in [7, 11) is 0. The second kappa shape index (κ2) is 7.54. The number of aliphatic hydroxyl groups excluding tert-OH is 1. The van der Waals surface area contributed by atoms with E-state index in [1.807, 2.05) is 4.90 Å². The summed E-state index contributed by atoms with van der Waals surface area (Å²) in [4.78, 5) is 28.2. The van der Waals surface area contributed by atoms with Gasteiger partial charge in [-0.15, -0.1) is 0 Å². The number of carbonyl (C=O) groups is 2. The Hall–Kier alpha value is -1.92. The van der Waals surface area contributed by atoms with Gasteiger partial charge in [0.1, 0.15) is 5.75 Å². The highest BCUT2D eigenvalue weighted by Gasteiger charge is 2.35. The van der Waals surface area contributed by atoms with Gasteiger partial charge in [-0.3, -0.25) is 14.5 Å². The van der Waals surface area contributed by atoms with Crippen molar-refractivity contribution in [1.82, 2.24) is 9.80 Å². The first-order valence-corrected chi connectivity index (χ1v) is 8.92. The Labute approximate surface area is 148 Å². The number of hydrogen-bond acceptors (Lipinski definition) is 5. The molecular weight excluding hydrogens is 320 g/mol. The molecule has 3 unspecified atom stereocenters. The van der Waals surface area contributed by atoms with E-state index in [4.69, 9.17) is 4.74 Å². The number of carbonyl (C=O) groups excluding carboxylic acids is 2. The molecule has 2 saturated heterocycles. The first kappa shape index (κ1) is 17.9. The van der Waals surface area contributed by atoms with Crippen LogP contribution in [0.4, 0.5) is 0 Å². The lowest BCUT2D eigenvalue weighted by molar-refractivity contribution is -0.137. The molecule has 0 radical (unpaired) electrons. The zero-order valence-electron chi connectivity index (χ0n) is 14.9. The van der Waals surface area contributed by atoms with Crippen LogP contribution in [0.3, 0.4) is 0 Å².